The fraction of sp³-hybridized carbons (Fsp3) is 0. The Labute approximate surface area is 71.5 Å². The number of benzene rings is 1. The highest BCUT2D eigenvalue weighted by atomic mass is 32.1. The van der Waals surface area contributed by atoms with Crippen molar-refractivity contribution in [3.05, 3.63) is 33.5 Å². The van der Waals surface area contributed by atoms with Gasteiger partial charge in [0, 0.05) is 0 Å². The summed E-state index contributed by atoms with van der Waals surface area (Å²) in [6.07, 6.45) is 0. The van der Waals surface area contributed by atoms with E-state index in [9.17, 15) is 4.79 Å². The average Bonchev–Trinajstić information content (AvgIpc) is 2.44. The van der Waals surface area contributed by atoms with E-state index in [1.807, 2.05) is 6.07 Å². The minimum Gasteiger partial charge on any atom is -0.414 e. The lowest BCUT2D eigenvalue weighted by molar-refractivity contribution is 0.585. The van der Waals surface area contributed by atoms with Crippen LogP contribution in [0.4, 0.5) is 0 Å². The highest BCUT2D eigenvalue weighted by Crippen LogP contribution is 2.20. The molecular formula is C8H3NO2S. The van der Waals surface area contributed by atoms with Gasteiger partial charge in [0.1, 0.15) is 6.07 Å². The van der Waals surface area contributed by atoms with Crippen molar-refractivity contribution in [3.63, 3.8) is 0 Å². The lowest BCUT2D eigenvalue weighted by Gasteiger charge is -1.86. The van der Waals surface area contributed by atoms with Crippen molar-refractivity contribution < 1.29 is 4.42 Å². The van der Waals surface area contributed by atoms with E-state index in [0.717, 1.165) is 11.3 Å². The smallest absolute Gasteiger partial charge is 0.396 e. The van der Waals surface area contributed by atoms with Crippen molar-refractivity contribution in [3.8, 4) is 6.07 Å². The Morgan fingerprint density at radius 2 is 2.33 bits per heavy atom. The second-order valence-corrected chi connectivity index (χ2v) is 3.14. The van der Waals surface area contributed by atoms with Crippen LogP contribution in [0.15, 0.2) is 27.4 Å². The molecule has 0 amide bonds. The van der Waals surface area contributed by atoms with Gasteiger partial charge in [0.25, 0.3) is 0 Å². The van der Waals surface area contributed by atoms with Gasteiger partial charge in [0.2, 0.25) is 0 Å². The normalized spacial score (nSPS) is 9.92. The molecule has 4 heteroatoms. The highest BCUT2D eigenvalue weighted by Gasteiger charge is 2.05. The van der Waals surface area contributed by atoms with Gasteiger partial charge in [0.05, 0.1) is 10.3 Å². The molecule has 0 spiro atoms. The second kappa shape index (κ2) is 2.47. The third-order valence-corrected chi connectivity index (χ3v) is 2.35. The first-order chi connectivity index (χ1) is 5.81. The fourth-order valence-electron chi connectivity index (χ4n) is 0.983. The molecule has 3 nitrogen and oxygen atoms in total. The molecule has 58 valence electrons. The first-order valence-electron chi connectivity index (χ1n) is 3.24. The Morgan fingerprint density at radius 1 is 1.50 bits per heavy atom. The first kappa shape index (κ1) is 7.07. The molecular weight excluding hydrogens is 174 g/mol. The van der Waals surface area contributed by atoms with Crippen molar-refractivity contribution in [1.29, 1.82) is 5.26 Å². The summed E-state index contributed by atoms with van der Waals surface area (Å²) in [5.74, 6) is 0. The SMILES string of the molecule is N#Cc1cccc2oc(=O)sc12. The molecule has 0 radical (unpaired) electrons. The Morgan fingerprint density at radius 3 is 3.08 bits per heavy atom. The van der Waals surface area contributed by atoms with Crippen LogP contribution in [0.1, 0.15) is 5.56 Å². The predicted molar refractivity (Wildman–Crippen MR) is 45.1 cm³/mol. The molecule has 0 N–H and O–H groups in total. The Bertz CT molecular complexity index is 518. The monoisotopic (exact) mass is 177 g/mol. The van der Waals surface area contributed by atoms with Crippen molar-refractivity contribution in [2.24, 2.45) is 0 Å². The molecule has 1 heterocycles. The fourth-order valence-corrected chi connectivity index (χ4v) is 1.72. The van der Waals surface area contributed by atoms with Crippen molar-refractivity contribution in [1.82, 2.24) is 0 Å². The van der Waals surface area contributed by atoms with Crippen LogP contribution < -0.4 is 4.94 Å². The van der Waals surface area contributed by atoms with Gasteiger partial charge in [-0.15, -0.1) is 0 Å². The Hall–Kier alpha value is -1.60. The van der Waals surface area contributed by atoms with Gasteiger partial charge in [-0.3, -0.25) is 0 Å². The van der Waals surface area contributed by atoms with Crippen LogP contribution in [0.25, 0.3) is 10.3 Å². The van der Waals surface area contributed by atoms with Crippen LogP contribution in [0.5, 0.6) is 0 Å². The van der Waals surface area contributed by atoms with Crippen LogP contribution in [0, 0.1) is 11.3 Å². The van der Waals surface area contributed by atoms with Crippen molar-refractivity contribution in [2.45, 2.75) is 0 Å². The zero-order valence-corrected chi connectivity index (χ0v) is 6.72. The quantitative estimate of drug-likeness (QED) is 0.615. The zero-order chi connectivity index (χ0) is 8.55. The molecule has 12 heavy (non-hydrogen) atoms. The average molecular weight is 177 g/mol. The summed E-state index contributed by atoms with van der Waals surface area (Å²) in [7, 11) is 0. The standard InChI is InChI=1S/C8H3NO2S/c9-4-5-2-1-3-6-7(5)12-8(10)11-6/h1-3H. The van der Waals surface area contributed by atoms with Crippen molar-refractivity contribution in [2.75, 3.05) is 0 Å². The third kappa shape index (κ3) is 0.917. The summed E-state index contributed by atoms with van der Waals surface area (Å²) in [4.78, 5) is 10.4. The topological polar surface area (TPSA) is 54.0 Å². The van der Waals surface area contributed by atoms with Gasteiger partial charge in [-0.05, 0) is 12.1 Å². The minimum absolute atomic E-state index is 0.368. The van der Waals surface area contributed by atoms with Crippen LogP contribution in [0.3, 0.4) is 0 Å². The number of fused-ring (bicyclic) bond motifs is 1. The maximum absolute atomic E-state index is 10.8. The lowest BCUT2D eigenvalue weighted by atomic mass is 10.2. The maximum atomic E-state index is 10.8. The molecule has 1 aromatic carbocycles. The largest absolute Gasteiger partial charge is 0.414 e. The molecule has 2 rings (SSSR count). The molecule has 0 saturated heterocycles. The number of hydrogen-bond acceptors (Lipinski definition) is 4. The second-order valence-electron chi connectivity index (χ2n) is 2.20. The predicted octanol–water partition coefficient (Wildman–Crippen LogP) is 1.73. The van der Waals surface area contributed by atoms with E-state index in [4.69, 9.17) is 9.68 Å². The van der Waals surface area contributed by atoms with Crippen LogP contribution in [-0.4, -0.2) is 0 Å². The highest BCUT2D eigenvalue weighted by molar-refractivity contribution is 7.16. The third-order valence-electron chi connectivity index (χ3n) is 1.48. The van der Waals surface area contributed by atoms with E-state index >= 15 is 0 Å². The van der Waals surface area contributed by atoms with E-state index in [1.54, 1.807) is 18.2 Å². The molecule has 0 atom stereocenters. The van der Waals surface area contributed by atoms with Crippen LogP contribution in [-0.2, 0) is 0 Å². The number of nitriles is 1. The van der Waals surface area contributed by atoms with Crippen molar-refractivity contribution >= 4 is 21.6 Å². The van der Waals surface area contributed by atoms with Crippen LogP contribution in [0.2, 0.25) is 0 Å². The zero-order valence-electron chi connectivity index (χ0n) is 5.90. The molecule has 0 bridgehead atoms. The Balaban J connectivity index is 2.99. The number of nitrogens with zero attached hydrogens (tertiary/aromatic N) is 1. The van der Waals surface area contributed by atoms with E-state index in [2.05, 4.69) is 0 Å². The molecule has 0 unspecified atom stereocenters. The van der Waals surface area contributed by atoms with E-state index < -0.39 is 0 Å². The number of rotatable bonds is 0. The molecule has 0 saturated carbocycles. The minimum atomic E-state index is -0.368. The van der Waals surface area contributed by atoms with Crippen LogP contribution >= 0.6 is 11.3 Å². The maximum Gasteiger partial charge on any atom is 0.396 e. The summed E-state index contributed by atoms with van der Waals surface area (Å²) < 4.78 is 5.45. The summed E-state index contributed by atoms with van der Waals surface area (Å²) in [6, 6.07) is 7.02. The summed E-state index contributed by atoms with van der Waals surface area (Å²) in [6.45, 7) is 0. The van der Waals surface area contributed by atoms with Gasteiger partial charge >= 0.3 is 4.94 Å². The molecule has 0 aliphatic heterocycles. The van der Waals surface area contributed by atoms with E-state index in [-0.39, 0.29) is 4.94 Å². The van der Waals surface area contributed by atoms with E-state index in [1.165, 1.54) is 0 Å². The van der Waals surface area contributed by atoms with Gasteiger partial charge in [-0.25, -0.2) is 4.79 Å². The molecule has 2 aromatic rings. The molecule has 0 aliphatic carbocycles. The van der Waals surface area contributed by atoms with Gasteiger partial charge < -0.3 is 4.42 Å². The first-order valence-corrected chi connectivity index (χ1v) is 4.05. The van der Waals surface area contributed by atoms with Gasteiger partial charge in [-0.1, -0.05) is 17.4 Å². The number of hydrogen-bond donors (Lipinski definition) is 0. The van der Waals surface area contributed by atoms with Gasteiger partial charge in [0.15, 0.2) is 5.58 Å². The summed E-state index contributed by atoms with van der Waals surface area (Å²) >= 11 is 0.959. The summed E-state index contributed by atoms with van der Waals surface area (Å²) in [5.41, 5.74) is 0.979. The molecule has 0 aliphatic rings. The lowest BCUT2D eigenvalue weighted by Crippen LogP contribution is -1.79. The summed E-state index contributed by atoms with van der Waals surface area (Å²) in [5, 5.41) is 8.66. The Kier molecular flexibility index (Phi) is 1.45. The molecule has 0 fully saturated rings. The van der Waals surface area contributed by atoms with E-state index in [0.29, 0.717) is 15.8 Å². The van der Waals surface area contributed by atoms with Gasteiger partial charge in [-0.2, -0.15) is 5.26 Å². The molecule has 1 aromatic heterocycles.